The molecule has 86 valence electrons. The van der Waals surface area contributed by atoms with Gasteiger partial charge in [-0.15, -0.1) is 0 Å². The second-order valence-corrected chi connectivity index (χ2v) is 3.93. The molecule has 3 nitrogen and oxygen atoms in total. The van der Waals surface area contributed by atoms with Gasteiger partial charge in [0.15, 0.2) is 0 Å². The Hall–Kier alpha value is -1.35. The maximum Gasteiger partial charge on any atom is 0.272 e. The Morgan fingerprint density at radius 1 is 1.44 bits per heavy atom. The summed E-state index contributed by atoms with van der Waals surface area (Å²) in [5.74, 6) is -0.277. The maximum absolute atomic E-state index is 11.7. The molecule has 1 aromatic rings. The Kier molecular flexibility index (Phi) is 4.99. The highest BCUT2D eigenvalue weighted by atomic mass is 35.5. The third kappa shape index (κ3) is 3.66. The summed E-state index contributed by atoms with van der Waals surface area (Å²) in [6, 6.07) is 6.90. The second kappa shape index (κ2) is 6.28. The third-order valence-corrected chi connectivity index (χ3v) is 2.41. The van der Waals surface area contributed by atoms with E-state index >= 15 is 0 Å². The first-order chi connectivity index (χ1) is 7.65. The Balaban J connectivity index is 2.67. The molecule has 1 amide bonds. The maximum atomic E-state index is 11.7. The second-order valence-electron chi connectivity index (χ2n) is 3.52. The van der Waals surface area contributed by atoms with Crippen LogP contribution in [0.5, 0.6) is 0 Å². The van der Waals surface area contributed by atoms with Crippen LogP contribution in [0.2, 0.25) is 5.02 Å². The van der Waals surface area contributed by atoms with Crippen molar-refractivity contribution in [2.75, 3.05) is 0 Å². The Morgan fingerprint density at radius 3 is 2.75 bits per heavy atom. The molecule has 1 rings (SSSR count). The monoisotopic (exact) mass is 238 g/mol. The largest absolute Gasteiger partial charge is 0.272 e. The number of hydrogen-bond donors (Lipinski definition) is 1. The van der Waals surface area contributed by atoms with Crippen LogP contribution in [0, 0.1) is 0 Å². The lowest BCUT2D eigenvalue weighted by molar-refractivity contribution is 0.0955. The number of amides is 1. The molecule has 0 fully saturated rings. The van der Waals surface area contributed by atoms with Gasteiger partial charge in [0.05, 0.1) is 10.6 Å². The molecule has 0 aromatic heterocycles. The highest BCUT2D eigenvalue weighted by Crippen LogP contribution is 2.14. The van der Waals surface area contributed by atoms with E-state index < -0.39 is 0 Å². The average Bonchev–Trinajstić information content (AvgIpc) is 2.27. The van der Waals surface area contributed by atoms with Crippen molar-refractivity contribution in [3.8, 4) is 0 Å². The van der Waals surface area contributed by atoms with E-state index in [0.717, 1.165) is 18.6 Å². The van der Waals surface area contributed by atoms with Gasteiger partial charge in [-0.3, -0.25) is 4.79 Å². The zero-order valence-corrected chi connectivity index (χ0v) is 10.2. The van der Waals surface area contributed by atoms with E-state index in [-0.39, 0.29) is 5.91 Å². The van der Waals surface area contributed by atoms with Gasteiger partial charge >= 0.3 is 0 Å². The molecule has 0 spiro atoms. The van der Waals surface area contributed by atoms with Crippen molar-refractivity contribution in [2.45, 2.75) is 26.7 Å². The van der Waals surface area contributed by atoms with Gasteiger partial charge < -0.3 is 0 Å². The standard InChI is InChI=1S/C12H15ClN2O/c1-3-6-9(2)14-15-12(16)10-7-4-5-8-11(10)13/h4-5,7-8H,3,6H2,1-2H3,(H,15,16)/b14-9-. The number of nitrogens with one attached hydrogen (secondary N) is 1. The smallest absolute Gasteiger partial charge is 0.267 e. The van der Waals surface area contributed by atoms with E-state index in [2.05, 4.69) is 17.5 Å². The number of benzene rings is 1. The topological polar surface area (TPSA) is 41.5 Å². The first-order valence-corrected chi connectivity index (χ1v) is 5.61. The van der Waals surface area contributed by atoms with E-state index in [9.17, 15) is 4.79 Å². The highest BCUT2D eigenvalue weighted by molar-refractivity contribution is 6.33. The minimum absolute atomic E-state index is 0.277. The van der Waals surface area contributed by atoms with Crippen molar-refractivity contribution in [1.82, 2.24) is 5.43 Å². The molecule has 0 atom stereocenters. The lowest BCUT2D eigenvalue weighted by Gasteiger charge is -2.03. The quantitative estimate of drug-likeness (QED) is 0.635. The van der Waals surface area contributed by atoms with Crippen LogP contribution < -0.4 is 5.43 Å². The molecule has 0 aliphatic carbocycles. The van der Waals surface area contributed by atoms with E-state index in [1.807, 2.05) is 6.92 Å². The van der Waals surface area contributed by atoms with E-state index in [0.29, 0.717) is 10.6 Å². The molecule has 0 unspecified atom stereocenters. The fraction of sp³-hybridized carbons (Fsp3) is 0.333. The van der Waals surface area contributed by atoms with Crippen molar-refractivity contribution < 1.29 is 4.79 Å². The summed E-state index contributed by atoms with van der Waals surface area (Å²) in [4.78, 5) is 11.7. The van der Waals surface area contributed by atoms with Gasteiger partial charge in [-0.1, -0.05) is 37.1 Å². The predicted molar refractivity (Wildman–Crippen MR) is 66.9 cm³/mol. The fourth-order valence-electron chi connectivity index (χ4n) is 1.27. The van der Waals surface area contributed by atoms with Crippen LogP contribution in [0.1, 0.15) is 37.0 Å². The lowest BCUT2D eigenvalue weighted by Crippen LogP contribution is -2.19. The zero-order chi connectivity index (χ0) is 12.0. The normalized spacial score (nSPS) is 11.3. The van der Waals surface area contributed by atoms with Gasteiger partial charge in [0.1, 0.15) is 0 Å². The van der Waals surface area contributed by atoms with Crippen LogP contribution in [0.4, 0.5) is 0 Å². The first kappa shape index (κ1) is 12.7. The first-order valence-electron chi connectivity index (χ1n) is 5.23. The van der Waals surface area contributed by atoms with Gasteiger partial charge in [-0.2, -0.15) is 5.10 Å². The summed E-state index contributed by atoms with van der Waals surface area (Å²) in [6.45, 7) is 3.95. The van der Waals surface area contributed by atoms with Crippen molar-refractivity contribution >= 4 is 23.2 Å². The molecular weight excluding hydrogens is 224 g/mol. The number of carbonyl (C=O) groups excluding carboxylic acids is 1. The van der Waals surface area contributed by atoms with Gasteiger partial charge in [0.2, 0.25) is 0 Å². The van der Waals surface area contributed by atoms with E-state index in [4.69, 9.17) is 11.6 Å². The predicted octanol–water partition coefficient (Wildman–Crippen LogP) is 3.25. The van der Waals surface area contributed by atoms with Crippen molar-refractivity contribution in [2.24, 2.45) is 5.10 Å². The molecule has 16 heavy (non-hydrogen) atoms. The molecule has 1 N–H and O–H groups in total. The number of rotatable bonds is 4. The minimum Gasteiger partial charge on any atom is -0.267 e. The summed E-state index contributed by atoms with van der Waals surface area (Å²) >= 11 is 5.89. The molecule has 0 aliphatic heterocycles. The Labute approximate surface area is 101 Å². The number of hydrogen-bond acceptors (Lipinski definition) is 2. The molecular formula is C12H15ClN2O. The van der Waals surface area contributed by atoms with Crippen LogP contribution in [0.15, 0.2) is 29.4 Å². The number of nitrogens with zero attached hydrogens (tertiary/aromatic N) is 1. The molecule has 0 saturated heterocycles. The number of hydrazone groups is 1. The third-order valence-electron chi connectivity index (χ3n) is 2.08. The van der Waals surface area contributed by atoms with Crippen LogP contribution >= 0.6 is 11.6 Å². The minimum atomic E-state index is -0.277. The summed E-state index contributed by atoms with van der Waals surface area (Å²) in [5.41, 5.74) is 3.84. The van der Waals surface area contributed by atoms with E-state index in [1.165, 1.54) is 0 Å². The molecule has 0 saturated carbocycles. The van der Waals surface area contributed by atoms with Crippen LogP contribution in [0.25, 0.3) is 0 Å². The molecule has 1 aromatic carbocycles. The van der Waals surface area contributed by atoms with Crippen molar-refractivity contribution in [3.05, 3.63) is 34.9 Å². The van der Waals surface area contributed by atoms with Crippen LogP contribution in [-0.2, 0) is 0 Å². The molecule has 0 aliphatic rings. The Bertz CT molecular complexity index is 402. The van der Waals surface area contributed by atoms with Gasteiger partial charge in [-0.25, -0.2) is 5.43 Å². The Morgan fingerprint density at radius 2 is 2.12 bits per heavy atom. The van der Waals surface area contributed by atoms with Gasteiger partial charge in [-0.05, 0) is 25.5 Å². The SMILES string of the molecule is CCC/C(C)=N\NC(=O)c1ccccc1Cl. The van der Waals surface area contributed by atoms with Crippen LogP contribution in [0.3, 0.4) is 0 Å². The zero-order valence-electron chi connectivity index (χ0n) is 9.46. The van der Waals surface area contributed by atoms with Gasteiger partial charge in [0.25, 0.3) is 5.91 Å². The summed E-state index contributed by atoms with van der Waals surface area (Å²) < 4.78 is 0. The van der Waals surface area contributed by atoms with Crippen molar-refractivity contribution in [3.63, 3.8) is 0 Å². The summed E-state index contributed by atoms with van der Waals surface area (Å²) in [6.07, 6.45) is 1.89. The average molecular weight is 239 g/mol. The van der Waals surface area contributed by atoms with Crippen molar-refractivity contribution in [1.29, 1.82) is 0 Å². The lowest BCUT2D eigenvalue weighted by atomic mass is 10.2. The summed E-state index contributed by atoms with van der Waals surface area (Å²) in [5, 5.41) is 4.42. The number of carbonyl (C=O) groups is 1. The van der Waals surface area contributed by atoms with Crippen LogP contribution in [-0.4, -0.2) is 11.6 Å². The summed E-state index contributed by atoms with van der Waals surface area (Å²) in [7, 11) is 0. The molecule has 4 heteroatoms. The number of halogens is 1. The molecule has 0 heterocycles. The van der Waals surface area contributed by atoms with E-state index in [1.54, 1.807) is 24.3 Å². The van der Waals surface area contributed by atoms with Gasteiger partial charge in [0, 0.05) is 5.71 Å². The fourth-order valence-corrected chi connectivity index (χ4v) is 1.49. The highest BCUT2D eigenvalue weighted by Gasteiger charge is 2.07. The molecule has 0 bridgehead atoms. The molecule has 0 radical (unpaired) electrons.